The van der Waals surface area contributed by atoms with Crippen LogP contribution in [0.4, 0.5) is 17.2 Å². The Hall–Kier alpha value is -5.20. The number of allylic oxidation sites excluding steroid dienone is 2. The zero-order valence-electron chi connectivity index (χ0n) is 24.6. The Morgan fingerprint density at radius 2 is 1.98 bits per heavy atom. The van der Waals surface area contributed by atoms with Gasteiger partial charge in [0, 0.05) is 50.9 Å². The number of hydrogen-bond donors (Lipinski definition) is 4. The molecule has 3 aromatic rings. The highest BCUT2D eigenvalue weighted by molar-refractivity contribution is 6.00. The van der Waals surface area contributed by atoms with Gasteiger partial charge >= 0.3 is 0 Å². The predicted molar refractivity (Wildman–Crippen MR) is 161 cm³/mol. The van der Waals surface area contributed by atoms with Gasteiger partial charge in [0.15, 0.2) is 11.5 Å². The normalized spacial score (nSPS) is 14.1. The first-order valence-corrected chi connectivity index (χ1v) is 14.1. The Morgan fingerprint density at radius 1 is 1.16 bits per heavy atom. The molecule has 3 amide bonds. The summed E-state index contributed by atoms with van der Waals surface area (Å²) < 4.78 is 7.82. The molecule has 0 radical (unpaired) electrons. The molecule has 1 aromatic carbocycles. The standard InChI is InChI=1S/C30H35N9O4/c1-5-39-17-32-15-20(39)16-38(3)30(42)23-12-11-19(14-33-23)21-7-6-8-22(27(21)43-4)34-24-13-25(35-28(40)18-9-10-18)36-37-26(24)29(41)31-2/h6-8,11-13,15,17-18,33H,5,9-10,14,16H2,1-4H3,(H,31,41)(H2,34,35,36,40). The molecule has 1 aliphatic heterocycles. The number of nitrogens with zero attached hydrogens (tertiary/aromatic N) is 5. The lowest BCUT2D eigenvalue weighted by atomic mass is 10.0. The van der Waals surface area contributed by atoms with Crippen LogP contribution in [0.25, 0.3) is 5.57 Å². The Labute approximate surface area is 249 Å². The largest absolute Gasteiger partial charge is 0.494 e. The lowest BCUT2D eigenvalue weighted by Crippen LogP contribution is -2.35. The number of para-hydroxylation sites is 1. The fraction of sp³-hybridized carbons (Fsp3) is 0.333. The van der Waals surface area contributed by atoms with Crippen molar-refractivity contribution in [2.24, 2.45) is 5.92 Å². The van der Waals surface area contributed by atoms with E-state index in [9.17, 15) is 14.4 Å². The van der Waals surface area contributed by atoms with Crippen LogP contribution < -0.4 is 26.0 Å². The van der Waals surface area contributed by atoms with Crippen LogP contribution >= 0.6 is 0 Å². The van der Waals surface area contributed by atoms with E-state index in [1.54, 1.807) is 43.7 Å². The number of rotatable bonds is 11. The summed E-state index contributed by atoms with van der Waals surface area (Å²) in [6, 6.07) is 7.18. The van der Waals surface area contributed by atoms with Gasteiger partial charge in [0.25, 0.3) is 11.8 Å². The highest BCUT2D eigenvalue weighted by atomic mass is 16.5. The zero-order chi connectivity index (χ0) is 30.5. The number of likely N-dealkylation sites (N-methyl/N-ethyl adjacent to an activating group) is 1. The minimum Gasteiger partial charge on any atom is -0.494 e. The first kappa shape index (κ1) is 29.3. The molecular weight excluding hydrogens is 550 g/mol. The summed E-state index contributed by atoms with van der Waals surface area (Å²) in [5.74, 6) is 0.0875. The molecule has 5 rings (SSSR count). The smallest absolute Gasteiger partial charge is 0.273 e. The number of dihydropyridines is 1. The molecule has 1 saturated carbocycles. The quantitative estimate of drug-likeness (QED) is 0.266. The fourth-order valence-corrected chi connectivity index (χ4v) is 4.77. The van der Waals surface area contributed by atoms with E-state index in [0.717, 1.165) is 36.2 Å². The summed E-state index contributed by atoms with van der Waals surface area (Å²) >= 11 is 0. The Morgan fingerprint density at radius 3 is 2.65 bits per heavy atom. The minimum atomic E-state index is -0.434. The van der Waals surface area contributed by atoms with Gasteiger partial charge in [-0.3, -0.25) is 14.4 Å². The van der Waals surface area contributed by atoms with E-state index < -0.39 is 5.91 Å². The van der Waals surface area contributed by atoms with Crippen LogP contribution in [-0.2, 0) is 22.7 Å². The predicted octanol–water partition coefficient (Wildman–Crippen LogP) is 2.68. The zero-order valence-corrected chi connectivity index (χ0v) is 24.6. The van der Waals surface area contributed by atoms with Crippen molar-refractivity contribution in [3.63, 3.8) is 0 Å². The molecule has 13 heteroatoms. The third kappa shape index (κ3) is 6.50. The summed E-state index contributed by atoms with van der Waals surface area (Å²) in [4.78, 5) is 43.8. The second-order valence-electron chi connectivity index (χ2n) is 10.3. The topological polar surface area (TPSA) is 155 Å². The van der Waals surface area contributed by atoms with Crippen molar-refractivity contribution in [1.82, 2.24) is 35.3 Å². The van der Waals surface area contributed by atoms with Crippen LogP contribution in [-0.4, -0.2) is 70.1 Å². The number of anilines is 3. The molecule has 0 saturated heterocycles. The summed E-state index contributed by atoms with van der Waals surface area (Å²) in [7, 11) is 4.83. The van der Waals surface area contributed by atoms with Gasteiger partial charge in [-0.25, -0.2) is 4.98 Å². The molecule has 0 atom stereocenters. The van der Waals surface area contributed by atoms with E-state index in [1.807, 2.05) is 35.8 Å². The van der Waals surface area contributed by atoms with Gasteiger partial charge < -0.3 is 35.5 Å². The average Bonchev–Trinajstić information content (AvgIpc) is 3.79. The number of aryl methyl sites for hydroxylation is 1. The maximum atomic E-state index is 13.1. The Kier molecular flexibility index (Phi) is 8.69. The van der Waals surface area contributed by atoms with Gasteiger partial charge in [-0.2, -0.15) is 0 Å². The molecule has 2 aromatic heterocycles. The molecule has 13 nitrogen and oxygen atoms in total. The molecule has 0 bridgehead atoms. The number of hydrogen-bond acceptors (Lipinski definition) is 9. The third-order valence-corrected chi connectivity index (χ3v) is 7.31. The molecular formula is C30H35N9O4. The molecule has 2 aliphatic rings. The first-order chi connectivity index (χ1) is 20.8. The first-order valence-electron chi connectivity index (χ1n) is 14.1. The van der Waals surface area contributed by atoms with Crippen molar-refractivity contribution in [2.75, 3.05) is 38.4 Å². The SMILES string of the molecule is CCn1cncc1CN(C)C(=O)C1=CC=C(c2cccc(Nc3cc(NC(=O)C4CC4)nnc3C(=O)NC)c2OC)CN1. The number of carbonyl (C=O) groups excluding carboxylic acids is 3. The monoisotopic (exact) mass is 585 g/mol. The summed E-state index contributed by atoms with van der Waals surface area (Å²) in [6.45, 7) is 3.65. The van der Waals surface area contributed by atoms with E-state index in [4.69, 9.17) is 4.74 Å². The van der Waals surface area contributed by atoms with Gasteiger partial charge in [0.2, 0.25) is 5.91 Å². The maximum Gasteiger partial charge on any atom is 0.273 e. The Balaban J connectivity index is 1.38. The van der Waals surface area contributed by atoms with Crippen molar-refractivity contribution in [3.8, 4) is 5.75 Å². The molecule has 1 aliphatic carbocycles. The molecule has 0 unspecified atom stereocenters. The van der Waals surface area contributed by atoms with Crippen LogP contribution in [0.15, 0.2) is 54.6 Å². The van der Waals surface area contributed by atoms with Crippen LogP contribution in [0.3, 0.4) is 0 Å². The van der Waals surface area contributed by atoms with E-state index in [2.05, 4.69) is 36.4 Å². The number of imidazole rings is 1. The lowest BCUT2D eigenvalue weighted by Gasteiger charge is -2.24. The van der Waals surface area contributed by atoms with E-state index in [1.165, 1.54) is 7.05 Å². The maximum absolute atomic E-state index is 13.1. The van der Waals surface area contributed by atoms with Crippen LogP contribution in [0.2, 0.25) is 0 Å². The molecule has 43 heavy (non-hydrogen) atoms. The van der Waals surface area contributed by atoms with Gasteiger partial charge in [-0.15, -0.1) is 10.2 Å². The van der Waals surface area contributed by atoms with Crippen LogP contribution in [0.1, 0.15) is 41.5 Å². The Bertz CT molecular complexity index is 1610. The number of amides is 3. The van der Waals surface area contributed by atoms with Crippen LogP contribution in [0, 0.1) is 5.92 Å². The van der Waals surface area contributed by atoms with E-state index in [0.29, 0.717) is 35.9 Å². The van der Waals surface area contributed by atoms with Crippen LogP contribution in [0.5, 0.6) is 5.75 Å². The van der Waals surface area contributed by atoms with Crippen molar-refractivity contribution in [1.29, 1.82) is 0 Å². The highest BCUT2D eigenvalue weighted by Crippen LogP contribution is 2.37. The number of benzene rings is 1. The summed E-state index contributed by atoms with van der Waals surface area (Å²) in [6.07, 6.45) is 8.88. The number of methoxy groups -OCH3 is 1. The molecule has 1 fully saturated rings. The van der Waals surface area contributed by atoms with Crippen molar-refractivity contribution in [2.45, 2.75) is 32.9 Å². The third-order valence-electron chi connectivity index (χ3n) is 7.31. The summed E-state index contributed by atoms with van der Waals surface area (Å²) in [5.41, 5.74) is 4.15. The fourth-order valence-electron chi connectivity index (χ4n) is 4.77. The molecule has 4 N–H and O–H groups in total. The van der Waals surface area contributed by atoms with E-state index >= 15 is 0 Å². The lowest BCUT2D eigenvalue weighted by molar-refractivity contribution is -0.126. The molecule has 224 valence electrons. The van der Waals surface area contributed by atoms with Crippen molar-refractivity contribution >= 4 is 40.5 Å². The number of aromatic nitrogens is 4. The number of nitrogens with one attached hydrogen (secondary N) is 4. The van der Waals surface area contributed by atoms with Gasteiger partial charge in [0.05, 0.1) is 37.1 Å². The van der Waals surface area contributed by atoms with Crippen molar-refractivity contribution in [3.05, 3.63) is 71.6 Å². The second kappa shape index (κ2) is 12.8. The second-order valence-corrected chi connectivity index (χ2v) is 10.3. The van der Waals surface area contributed by atoms with Crippen molar-refractivity contribution < 1.29 is 19.1 Å². The minimum absolute atomic E-state index is 0.0121. The van der Waals surface area contributed by atoms with Gasteiger partial charge in [-0.05, 0) is 37.5 Å². The molecule has 0 spiro atoms. The average molecular weight is 586 g/mol. The van der Waals surface area contributed by atoms with Gasteiger partial charge in [-0.1, -0.05) is 18.2 Å². The van der Waals surface area contributed by atoms with Gasteiger partial charge in [0.1, 0.15) is 11.4 Å². The van der Waals surface area contributed by atoms with E-state index in [-0.39, 0.29) is 29.2 Å². The number of ether oxygens (including phenoxy) is 1. The molecule has 3 heterocycles. The highest BCUT2D eigenvalue weighted by Gasteiger charge is 2.30. The summed E-state index contributed by atoms with van der Waals surface area (Å²) in [5, 5.41) is 19.9. The number of carbonyl (C=O) groups is 3.